The average molecular weight is 349 g/mol. The molecule has 2 aromatic carbocycles. The predicted octanol–water partition coefficient (Wildman–Crippen LogP) is 3.91. The molecule has 5 heteroatoms. The molecule has 0 saturated carbocycles. The van der Waals surface area contributed by atoms with E-state index < -0.39 is 0 Å². The number of hydrogen-bond acceptors (Lipinski definition) is 5. The lowest BCUT2D eigenvalue weighted by molar-refractivity contribution is 0.233. The Labute approximate surface area is 153 Å². The molecule has 0 amide bonds. The Morgan fingerprint density at radius 2 is 2.04 bits per heavy atom. The van der Waals surface area contributed by atoms with Gasteiger partial charge in [-0.2, -0.15) is 4.98 Å². The maximum Gasteiger partial charge on any atom is 0.231 e. The first-order chi connectivity index (χ1) is 12.8. The Morgan fingerprint density at radius 1 is 1.15 bits per heavy atom. The summed E-state index contributed by atoms with van der Waals surface area (Å²) in [6.07, 6.45) is 1.04. The second-order valence-corrected chi connectivity index (χ2v) is 6.77. The molecule has 0 spiro atoms. The van der Waals surface area contributed by atoms with Gasteiger partial charge in [-0.3, -0.25) is 4.90 Å². The number of hydrogen-bond donors (Lipinski definition) is 0. The van der Waals surface area contributed by atoms with Crippen LogP contribution in [0.4, 0.5) is 0 Å². The highest BCUT2D eigenvalue weighted by molar-refractivity contribution is 5.53. The molecule has 0 N–H and O–H groups in total. The van der Waals surface area contributed by atoms with E-state index in [4.69, 9.17) is 9.26 Å². The first-order valence-corrected chi connectivity index (χ1v) is 9.09. The molecule has 1 aliphatic heterocycles. The van der Waals surface area contributed by atoms with Crippen LogP contribution in [0.1, 0.15) is 23.8 Å². The van der Waals surface area contributed by atoms with Crippen molar-refractivity contribution in [1.29, 1.82) is 0 Å². The van der Waals surface area contributed by atoms with Crippen LogP contribution >= 0.6 is 0 Å². The third-order valence-electron chi connectivity index (χ3n) is 4.76. The third kappa shape index (κ3) is 3.94. The van der Waals surface area contributed by atoms with Gasteiger partial charge in [0.2, 0.25) is 11.7 Å². The molecule has 0 aliphatic carbocycles. The fraction of sp³-hybridized carbons (Fsp3) is 0.333. The zero-order chi connectivity index (χ0) is 17.8. The summed E-state index contributed by atoms with van der Waals surface area (Å²) < 4.78 is 11.4. The topological polar surface area (TPSA) is 51.4 Å². The van der Waals surface area contributed by atoms with E-state index in [-0.39, 0.29) is 0 Å². The van der Waals surface area contributed by atoms with Crippen molar-refractivity contribution in [1.82, 2.24) is 15.0 Å². The number of benzene rings is 2. The summed E-state index contributed by atoms with van der Waals surface area (Å²) >= 11 is 0. The van der Waals surface area contributed by atoms with E-state index >= 15 is 0 Å². The SMILES string of the molecule is Cc1cccc(OCCN2CCC(c3nc(-c4ccccc4)no3)C2)c1. The van der Waals surface area contributed by atoms with Crippen LogP contribution in [-0.4, -0.2) is 41.3 Å². The van der Waals surface area contributed by atoms with Crippen LogP contribution < -0.4 is 4.74 Å². The van der Waals surface area contributed by atoms with Gasteiger partial charge in [-0.05, 0) is 37.6 Å². The largest absolute Gasteiger partial charge is 0.492 e. The van der Waals surface area contributed by atoms with Crippen LogP contribution in [0.15, 0.2) is 59.1 Å². The normalized spacial score (nSPS) is 17.5. The maximum atomic E-state index is 5.86. The lowest BCUT2D eigenvalue weighted by Crippen LogP contribution is -2.26. The summed E-state index contributed by atoms with van der Waals surface area (Å²) in [7, 11) is 0. The first-order valence-electron chi connectivity index (χ1n) is 9.09. The van der Waals surface area contributed by atoms with Crippen LogP contribution in [0.2, 0.25) is 0 Å². The number of aromatic nitrogens is 2. The summed E-state index contributed by atoms with van der Waals surface area (Å²) in [4.78, 5) is 6.99. The summed E-state index contributed by atoms with van der Waals surface area (Å²) in [6, 6.07) is 18.1. The van der Waals surface area contributed by atoms with E-state index in [0.717, 1.165) is 43.3 Å². The lowest BCUT2D eigenvalue weighted by atomic mass is 10.1. The summed E-state index contributed by atoms with van der Waals surface area (Å²) in [5.41, 5.74) is 2.21. The smallest absolute Gasteiger partial charge is 0.231 e. The molecule has 134 valence electrons. The second kappa shape index (κ2) is 7.70. The van der Waals surface area contributed by atoms with Crippen LogP contribution in [0.3, 0.4) is 0 Å². The zero-order valence-corrected chi connectivity index (χ0v) is 15.0. The predicted molar refractivity (Wildman–Crippen MR) is 100 cm³/mol. The maximum absolute atomic E-state index is 5.86. The van der Waals surface area contributed by atoms with E-state index in [2.05, 4.69) is 34.1 Å². The number of aryl methyl sites for hydroxylation is 1. The van der Waals surface area contributed by atoms with Gasteiger partial charge in [0, 0.05) is 18.7 Å². The summed E-state index contributed by atoms with van der Waals surface area (Å²) in [5.74, 6) is 2.65. The molecule has 3 aromatic rings. The van der Waals surface area contributed by atoms with Gasteiger partial charge in [0.05, 0.1) is 5.92 Å². The highest BCUT2D eigenvalue weighted by atomic mass is 16.5. The highest BCUT2D eigenvalue weighted by Crippen LogP contribution is 2.27. The number of nitrogens with zero attached hydrogens (tertiary/aromatic N) is 3. The van der Waals surface area contributed by atoms with E-state index in [1.54, 1.807) is 0 Å². The van der Waals surface area contributed by atoms with Crippen LogP contribution in [-0.2, 0) is 0 Å². The lowest BCUT2D eigenvalue weighted by Gasteiger charge is -2.15. The molecule has 2 heterocycles. The van der Waals surface area contributed by atoms with Crippen molar-refractivity contribution in [2.75, 3.05) is 26.2 Å². The molecule has 1 atom stereocenters. The molecule has 26 heavy (non-hydrogen) atoms. The third-order valence-corrected chi connectivity index (χ3v) is 4.76. The highest BCUT2D eigenvalue weighted by Gasteiger charge is 2.28. The van der Waals surface area contributed by atoms with Crippen LogP contribution in [0.5, 0.6) is 5.75 Å². The van der Waals surface area contributed by atoms with Crippen LogP contribution in [0, 0.1) is 6.92 Å². The van der Waals surface area contributed by atoms with Gasteiger partial charge in [0.1, 0.15) is 12.4 Å². The first kappa shape index (κ1) is 16.8. The fourth-order valence-corrected chi connectivity index (χ4v) is 3.34. The van der Waals surface area contributed by atoms with Gasteiger partial charge < -0.3 is 9.26 Å². The number of rotatable bonds is 6. The molecule has 1 aromatic heterocycles. The molecule has 1 saturated heterocycles. The van der Waals surface area contributed by atoms with Crippen molar-refractivity contribution < 1.29 is 9.26 Å². The Bertz CT molecular complexity index is 847. The zero-order valence-electron chi connectivity index (χ0n) is 15.0. The quantitative estimate of drug-likeness (QED) is 0.675. The summed E-state index contributed by atoms with van der Waals surface area (Å²) in [6.45, 7) is 5.64. The van der Waals surface area contributed by atoms with E-state index in [1.165, 1.54) is 5.56 Å². The Morgan fingerprint density at radius 3 is 2.88 bits per heavy atom. The molecule has 1 unspecified atom stereocenters. The van der Waals surface area contributed by atoms with Crippen molar-refractivity contribution in [2.24, 2.45) is 0 Å². The molecule has 0 bridgehead atoms. The van der Waals surface area contributed by atoms with Crippen molar-refractivity contribution in [3.8, 4) is 17.1 Å². The molecule has 5 nitrogen and oxygen atoms in total. The van der Waals surface area contributed by atoms with Crippen molar-refractivity contribution in [2.45, 2.75) is 19.3 Å². The molecule has 1 aliphatic rings. The monoisotopic (exact) mass is 349 g/mol. The van der Waals surface area contributed by atoms with Gasteiger partial charge in [-0.1, -0.05) is 47.6 Å². The van der Waals surface area contributed by atoms with Gasteiger partial charge in [-0.15, -0.1) is 0 Å². The van der Waals surface area contributed by atoms with Gasteiger partial charge in [0.25, 0.3) is 0 Å². The van der Waals surface area contributed by atoms with Crippen molar-refractivity contribution in [3.05, 3.63) is 66.1 Å². The van der Waals surface area contributed by atoms with Crippen LogP contribution in [0.25, 0.3) is 11.4 Å². The number of ether oxygens (including phenoxy) is 1. The van der Waals surface area contributed by atoms with Crippen molar-refractivity contribution >= 4 is 0 Å². The van der Waals surface area contributed by atoms with Gasteiger partial charge in [-0.25, -0.2) is 0 Å². The molecule has 4 rings (SSSR count). The molecule has 0 radical (unpaired) electrons. The van der Waals surface area contributed by atoms with Gasteiger partial charge >= 0.3 is 0 Å². The number of likely N-dealkylation sites (tertiary alicyclic amines) is 1. The minimum Gasteiger partial charge on any atom is -0.492 e. The van der Waals surface area contributed by atoms with E-state index in [9.17, 15) is 0 Å². The summed E-state index contributed by atoms with van der Waals surface area (Å²) in [5, 5.41) is 4.14. The Hall–Kier alpha value is -2.66. The second-order valence-electron chi connectivity index (χ2n) is 6.77. The molecular weight excluding hydrogens is 326 g/mol. The van der Waals surface area contributed by atoms with E-state index in [1.807, 2.05) is 42.5 Å². The Kier molecular flexibility index (Phi) is 4.97. The standard InChI is InChI=1S/C21H23N3O2/c1-16-6-5-9-19(14-16)25-13-12-24-11-10-18(15-24)21-22-20(23-26-21)17-7-3-2-4-8-17/h2-9,14,18H,10-13,15H2,1H3. The minimum absolute atomic E-state index is 0.305. The van der Waals surface area contributed by atoms with Gasteiger partial charge in [0.15, 0.2) is 0 Å². The Balaban J connectivity index is 1.29. The average Bonchev–Trinajstić information content (AvgIpc) is 3.32. The molecular formula is C21H23N3O2. The van der Waals surface area contributed by atoms with E-state index in [0.29, 0.717) is 18.3 Å². The van der Waals surface area contributed by atoms with Crippen molar-refractivity contribution in [3.63, 3.8) is 0 Å². The molecule has 1 fully saturated rings. The minimum atomic E-state index is 0.305. The fourth-order valence-electron chi connectivity index (χ4n) is 3.34.